The van der Waals surface area contributed by atoms with Crippen molar-refractivity contribution in [3.8, 4) is 5.75 Å². The van der Waals surface area contributed by atoms with E-state index in [1.54, 1.807) is 24.1 Å². The lowest BCUT2D eigenvalue weighted by Crippen LogP contribution is -2.52. The van der Waals surface area contributed by atoms with Crippen LogP contribution in [0, 0.1) is 5.92 Å². The molecule has 8 nitrogen and oxygen atoms in total. The average molecular weight is 424 g/mol. The number of ether oxygens (including phenoxy) is 1. The molecule has 4 amide bonds. The molecule has 1 saturated heterocycles. The molecule has 1 aliphatic carbocycles. The number of halogens is 2. The van der Waals surface area contributed by atoms with Crippen LogP contribution in [0.4, 0.5) is 13.6 Å². The lowest BCUT2D eigenvalue weighted by atomic mass is 9.77. The normalized spacial score (nSPS) is 23.9. The maximum atomic E-state index is 12.8. The molecule has 1 aromatic rings. The van der Waals surface area contributed by atoms with Gasteiger partial charge in [-0.2, -0.15) is 13.8 Å². The molecule has 2 N–H and O–H groups in total. The Hall–Kier alpha value is -2.75. The van der Waals surface area contributed by atoms with E-state index in [2.05, 4.69) is 22.4 Å². The Labute approximate surface area is 173 Å². The molecule has 1 saturated carbocycles. The molecule has 1 heterocycles. The summed E-state index contributed by atoms with van der Waals surface area (Å²) >= 11 is 0. The smallest absolute Gasteiger partial charge is 0.387 e. The van der Waals surface area contributed by atoms with Gasteiger partial charge in [-0.15, -0.1) is 0 Å². The number of amides is 4. The van der Waals surface area contributed by atoms with E-state index in [0.717, 1.165) is 23.4 Å². The van der Waals surface area contributed by atoms with Gasteiger partial charge in [0.25, 0.3) is 11.8 Å². The second-order valence-electron chi connectivity index (χ2n) is 8.07. The zero-order valence-electron chi connectivity index (χ0n) is 17.0. The van der Waals surface area contributed by atoms with Crippen LogP contribution < -0.4 is 15.5 Å². The van der Waals surface area contributed by atoms with Gasteiger partial charge in [-0.1, -0.05) is 19.1 Å². The molecule has 0 radical (unpaired) electrons. The molecule has 3 rings (SSSR count). The fourth-order valence-corrected chi connectivity index (χ4v) is 3.86. The Kier molecular flexibility index (Phi) is 6.55. The van der Waals surface area contributed by atoms with Crippen molar-refractivity contribution in [3.05, 3.63) is 29.8 Å². The summed E-state index contributed by atoms with van der Waals surface area (Å²) in [6.45, 7) is -0.465. The largest absolute Gasteiger partial charge is 0.435 e. The van der Waals surface area contributed by atoms with Crippen LogP contribution >= 0.6 is 0 Å². The fraction of sp³-hybridized carbons (Fsp3) is 0.550. The Bertz CT molecular complexity index is 795. The number of likely N-dealkylation sites (N-methyl/N-ethyl adjacent to an activating group) is 1. The molecule has 164 valence electrons. The highest BCUT2D eigenvalue weighted by Gasteiger charge is 2.52. The number of benzene rings is 1. The van der Waals surface area contributed by atoms with Gasteiger partial charge in [-0.05, 0) is 56.3 Å². The second-order valence-corrected chi connectivity index (χ2v) is 8.07. The third kappa shape index (κ3) is 5.05. The van der Waals surface area contributed by atoms with E-state index in [0.29, 0.717) is 25.3 Å². The number of nitrogens with one attached hydrogen (secondary N) is 2. The Morgan fingerprint density at radius 3 is 2.53 bits per heavy atom. The van der Waals surface area contributed by atoms with E-state index in [1.807, 2.05) is 0 Å². The Morgan fingerprint density at radius 1 is 1.30 bits per heavy atom. The minimum Gasteiger partial charge on any atom is -0.435 e. The van der Waals surface area contributed by atoms with Gasteiger partial charge in [0.2, 0.25) is 0 Å². The first kappa shape index (κ1) is 21.9. The van der Waals surface area contributed by atoms with E-state index in [1.165, 1.54) is 12.1 Å². The number of urea groups is 1. The summed E-state index contributed by atoms with van der Waals surface area (Å²) in [5.74, 6) is -0.350. The highest BCUT2D eigenvalue weighted by atomic mass is 19.3. The van der Waals surface area contributed by atoms with Crippen LogP contribution in [0.25, 0.3) is 0 Å². The van der Waals surface area contributed by atoms with Crippen molar-refractivity contribution in [2.24, 2.45) is 5.92 Å². The number of imide groups is 1. The van der Waals surface area contributed by atoms with Gasteiger partial charge in [-0.25, -0.2) is 4.79 Å². The van der Waals surface area contributed by atoms with Crippen molar-refractivity contribution in [2.45, 2.75) is 51.3 Å². The van der Waals surface area contributed by atoms with E-state index in [-0.39, 0.29) is 12.3 Å². The molecule has 0 unspecified atom stereocenters. The van der Waals surface area contributed by atoms with Gasteiger partial charge >= 0.3 is 12.6 Å². The highest BCUT2D eigenvalue weighted by molar-refractivity contribution is 6.08. The summed E-state index contributed by atoms with van der Waals surface area (Å²) in [5.41, 5.74) is 2.27. The number of hydrogen-bond acceptors (Lipinski definition) is 5. The van der Waals surface area contributed by atoms with E-state index < -0.39 is 30.0 Å². The molecule has 1 aliphatic heterocycles. The van der Waals surface area contributed by atoms with Gasteiger partial charge in [0, 0.05) is 6.54 Å². The molecular formula is C20H26F2N4O4. The topological polar surface area (TPSA) is 91.0 Å². The van der Waals surface area contributed by atoms with Crippen LogP contribution in [0.15, 0.2) is 24.3 Å². The van der Waals surface area contributed by atoms with Gasteiger partial charge in [0.15, 0.2) is 0 Å². The molecule has 0 atom stereocenters. The van der Waals surface area contributed by atoms with Crippen molar-refractivity contribution >= 4 is 17.8 Å². The predicted molar refractivity (Wildman–Crippen MR) is 103 cm³/mol. The Balaban J connectivity index is 1.51. The standard InChI is InChI=1S/C20H26F2N4O4/c1-13-7-9-20(10-8-13)17(28)26(19(29)23-20)24-16(27)12-25(2)11-14-3-5-15(6-4-14)30-18(21)22/h3-6,13,18H,7-12H2,1-2H3,(H,23,29)(H,24,27). The van der Waals surface area contributed by atoms with Crippen molar-refractivity contribution < 1.29 is 27.9 Å². The summed E-state index contributed by atoms with van der Waals surface area (Å²) in [7, 11) is 1.69. The zero-order chi connectivity index (χ0) is 21.9. The molecule has 0 bridgehead atoms. The second kappa shape index (κ2) is 8.95. The van der Waals surface area contributed by atoms with Crippen molar-refractivity contribution in [3.63, 3.8) is 0 Å². The first-order chi connectivity index (χ1) is 14.2. The fourth-order valence-electron chi connectivity index (χ4n) is 3.86. The van der Waals surface area contributed by atoms with Crippen LogP contribution in [0.2, 0.25) is 0 Å². The van der Waals surface area contributed by atoms with Crippen molar-refractivity contribution in [1.82, 2.24) is 20.7 Å². The molecule has 1 aromatic carbocycles. The summed E-state index contributed by atoms with van der Waals surface area (Å²) < 4.78 is 28.7. The molecule has 2 fully saturated rings. The van der Waals surface area contributed by atoms with Crippen molar-refractivity contribution in [1.29, 1.82) is 0 Å². The predicted octanol–water partition coefficient (Wildman–Crippen LogP) is 2.25. The number of alkyl halides is 2. The van der Waals surface area contributed by atoms with E-state index in [4.69, 9.17) is 0 Å². The van der Waals surface area contributed by atoms with Crippen LogP contribution in [0.5, 0.6) is 5.75 Å². The number of hydrogen-bond donors (Lipinski definition) is 2. The van der Waals surface area contributed by atoms with Gasteiger partial charge in [-0.3, -0.25) is 19.9 Å². The van der Waals surface area contributed by atoms with Crippen LogP contribution in [0.3, 0.4) is 0 Å². The van der Waals surface area contributed by atoms with Gasteiger partial charge in [0.1, 0.15) is 11.3 Å². The molecule has 2 aliphatic rings. The number of nitrogens with zero attached hydrogens (tertiary/aromatic N) is 2. The van der Waals surface area contributed by atoms with Gasteiger partial charge < -0.3 is 10.1 Å². The van der Waals surface area contributed by atoms with Gasteiger partial charge in [0.05, 0.1) is 6.54 Å². The lowest BCUT2D eigenvalue weighted by molar-refractivity contribution is -0.140. The lowest BCUT2D eigenvalue weighted by Gasteiger charge is -2.33. The highest BCUT2D eigenvalue weighted by Crippen LogP contribution is 2.35. The molecular weight excluding hydrogens is 398 g/mol. The summed E-state index contributed by atoms with van der Waals surface area (Å²) in [6.07, 6.45) is 2.82. The zero-order valence-corrected chi connectivity index (χ0v) is 17.0. The SMILES string of the molecule is CC1CCC2(CC1)NC(=O)N(NC(=O)CN(C)Cc1ccc(OC(F)F)cc1)C2=O. The van der Waals surface area contributed by atoms with Crippen molar-refractivity contribution in [2.75, 3.05) is 13.6 Å². The first-order valence-electron chi connectivity index (χ1n) is 9.87. The van der Waals surface area contributed by atoms with Crippen LogP contribution in [-0.2, 0) is 16.1 Å². The molecule has 0 aromatic heterocycles. The maximum Gasteiger partial charge on any atom is 0.387 e. The van der Waals surface area contributed by atoms with E-state index in [9.17, 15) is 23.2 Å². The van der Waals surface area contributed by atoms with Crippen LogP contribution in [0.1, 0.15) is 38.2 Å². The minimum absolute atomic E-state index is 0.0544. The average Bonchev–Trinajstić information content (AvgIpc) is 2.89. The summed E-state index contributed by atoms with van der Waals surface area (Å²) in [6, 6.07) is 5.48. The number of hydrazine groups is 1. The first-order valence-corrected chi connectivity index (χ1v) is 9.87. The summed E-state index contributed by atoms with van der Waals surface area (Å²) in [4.78, 5) is 39.1. The third-order valence-electron chi connectivity index (χ3n) is 5.54. The summed E-state index contributed by atoms with van der Waals surface area (Å²) in [5, 5.41) is 3.53. The molecule has 30 heavy (non-hydrogen) atoms. The number of carbonyl (C=O) groups excluding carboxylic acids is 3. The third-order valence-corrected chi connectivity index (χ3v) is 5.54. The quantitative estimate of drug-likeness (QED) is 0.656. The maximum absolute atomic E-state index is 12.8. The molecule has 10 heteroatoms. The number of rotatable bonds is 7. The minimum atomic E-state index is -2.89. The molecule has 1 spiro atoms. The van der Waals surface area contributed by atoms with Crippen LogP contribution in [-0.4, -0.2) is 53.5 Å². The Morgan fingerprint density at radius 2 is 1.93 bits per heavy atom. The number of carbonyl (C=O) groups is 3. The van der Waals surface area contributed by atoms with E-state index >= 15 is 0 Å². The monoisotopic (exact) mass is 424 g/mol.